The minimum Gasteiger partial charge on any atom is -0.396 e. The lowest BCUT2D eigenvalue weighted by Crippen LogP contribution is -1.93. The van der Waals surface area contributed by atoms with Crippen LogP contribution in [-0.4, -0.2) is 21.9 Å². The van der Waals surface area contributed by atoms with E-state index in [1.807, 2.05) is 18.2 Å². The number of aromatic amines is 1. The lowest BCUT2D eigenvalue weighted by molar-refractivity contribution is 0.298. The molecule has 3 rings (SSSR count). The Morgan fingerprint density at radius 1 is 0.952 bits per heavy atom. The molecule has 0 radical (unpaired) electrons. The number of aromatic nitrogens is 2. The Labute approximate surface area is 124 Å². The van der Waals surface area contributed by atoms with Gasteiger partial charge in [-0.1, -0.05) is 60.2 Å². The maximum Gasteiger partial charge on any atom is 0.100 e. The van der Waals surface area contributed by atoms with Crippen LogP contribution >= 0.6 is 0 Å². The molecular formula is C18H18N2O. The molecule has 0 atom stereocenters. The molecule has 1 aromatic heterocycles. The van der Waals surface area contributed by atoms with Crippen molar-refractivity contribution in [1.82, 2.24) is 10.2 Å². The molecule has 2 N–H and O–H groups in total. The van der Waals surface area contributed by atoms with Gasteiger partial charge in [0.25, 0.3) is 0 Å². The highest BCUT2D eigenvalue weighted by Crippen LogP contribution is 2.33. The lowest BCUT2D eigenvalue weighted by atomic mass is 9.97. The van der Waals surface area contributed by atoms with Gasteiger partial charge in [0.05, 0.1) is 0 Å². The molecule has 1 heterocycles. The van der Waals surface area contributed by atoms with E-state index in [1.165, 1.54) is 5.56 Å². The highest BCUT2D eigenvalue weighted by molar-refractivity contribution is 5.82. The fraction of sp³-hybridized carbons (Fsp3) is 0.167. The third-order valence-electron chi connectivity index (χ3n) is 3.59. The maximum atomic E-state index is 9.26. The molecule has 0 amide bonds. The highest BCUT2D eigenvalue weighted by atomic mass is 16.3. The van der Waals surface area contributed by atoms with Crippen LogP contribution in [0.5, 0.6) is 0 Å². The normalized spacial score (nSPS) is 10.8. The van der Waals surface area contributed by atoms with Crippen molar-refractivity contribution in [3.8, 4) is 22.4 Å². The van der Waals surface area contributed by atoms with Crippen LogP contribution in [0.15, 0.2) is 54.6 Å². The zero-order valence-corrected chi connectivity index (χ0v) is 12.0. The number of aryl methyl sites for hydroxylation is 1. The van der Waals surface area contributed by atoms with E-state index < -0.39 is 0 Å². The van der Waals surface area contributed by atoms with Crippen LogP contribution in [-0.2, 0) is 6.42 Å². The average Bonchev–Trinajstić information content (AvgIpc) is 2.93. The van der Waals surface area contributed by atoms with E-state index in [9.17, 15) is 5.11 Å². The summed E-state index contributed by atoms with van der Waals surface area (Å²) in [6.07, 6.45) is 0.573. The van der Waals surface area contributed by atoms with Crippen molar-refractivity contribution in [2.75, 3.05) is 6.61 Å². The van der Waals surface area contributed by atoms with Crippen molar-refractivity contribution in [3.63, 3.8) is 0 Å². The van der Waals surface area contributed by atoms with Crippen molar-refractivity contribution in [3.05, 3.63) is 65.9 Å². The van der Waals surface area contributed by atoms with Gasteiger partial charge >= 0.3 is 0 Å². The number of nitrogens with zero attached hydrogens (tertiary/aromatic N) is 1. The van der Waals surface area contributed by atoms with Crippen LogP contribution in [0.4, 0.5) is 0 Å². The third-order valence-corrected chi connectivity index (χ3v) is 3.59. The van der Waals surface area contributed by atoms with E-state index in [1.54, 1.807) is 0 Å². The number of benzene rings is 2. The molecule has 0 fully saturated rings. The van der Waals surface area contributed by atoms with Crippen molar-refractivity contribution < 1.29 is 5.11 Å². The van der Waals surface area contributed by atoms with Gasteiger partial charge in [-0.25, -0.2) is 0 Å². The minimum atomic E-state index is 0.107. The third kappa shape index (κ3) is 2.73. The molecule has 0 aliphatic carbocycles. The van der Waals surface area contributed by atoms with E-state index in [4.69, 9.17) is 0 Å². The second-order valence-corrected chi connectivity index (χ2v) is 5.13. The molecule has 0 bridgehead atoms. The number of rotatable bonds is 4. The van der Waals surface area contributed by atoms with E-state index in [2.05, 4.69) is 53.5 Å². The summed E-state index contributed by atoms with van der Waals surface area (Å²) >= 11 is 0. The molecule has 3 nitrogen and oxygen atoms in total. The zero-order chi connectivity index (χ0) is 14.7. The quantitative estimate of drug-likeness (QED) is 0.766. The SMILES string of the molecule is Cc1ccc(-c2n[nH]c(CCO)c2-c2ccccc2)cc1. The number of nitrogens with one attached hydrogen (secondary N) is 1. The van der Waals surface area contributed by atoms with Gasteiger partial charge in [0.2, 0.25) is 0 Å². The van der Waals surface area contributed by atoms with Gasteiger partial charge < -0.3 is 5.11 Å². The standard InChI is InChI=1S/C18H18N2O/c1-13-7-9-15(10-8-13)18-17(14-5-3-2-4-6-14)16(11-12-21)19-20-18/h2-10,21H,11-12H2,1H3,(H,19,20). The summed E-state index contributed by atoms with van der Waals surface area (Å²) in [7, 11) is 0. The van der Waals surface area contributed by atoms with Crippen LogP contribution in [0.2, 0.25) is 0 Å². The van der Waals surface area contributed by atoms with Crippen molar-refractivity contribution in [2.24, 2.45) is 0 Å². The summed E-state index contributed by atoms with van der Waals surface area (Å²) < 4.78 is 0. The molecule has 106 valence electrons. The fourth-order valence-electron chi connectivity index (χ4n) is 2.51. The van der Waals surface area contributed by atoms with Gasteiger partial charge in [-0.15, -0.1) is 0 Å². The summed E-state index contributed by atoms with van der Waals surface area (Å²) in [5, 5.41) is 16.8. The topological polar surface area (TPSA) is 48.9 Å². The molecule has 0 saturated carbocycles. The van der Waals surface area contributed by atoms with Crippen LogP contribution in [0, 0.1) is 6.92 Å². The Hall–Kier alpha value is -2.39. The Kier molecular flexibility index (Phi) is 3.84. The molecule has 0 unspecified atom stereocenters. The summed E-state index contributed by atoms with van der Waals surface area (Å²) in [6.45, 7) is 2.18. The Bertz CT molecular complexity index is 715. The Morgan fingerprint density at radius 2 is 1.67 bits per heavy atom. The minimum absolute atomic E-state index is 0.107. The van der Waals surface area contributed by atoms with E-state index in [-0.39, 0.29) is 6.61 Å². The van der Waals surface area contributed by atoms with E-state index in [0.29, 0.717) is 6.42 Å². The average molecular weight is 278 g/mol. The van der Waals surface area contributed by atoms with Gasteiger partial charge in [0.1, 0.15) is 5.69 Å². The summed E-state index contributed by atoms with van der Waals surface area (Å²) in [5.74, 6) is 0. The van der Waals surface area contributed by atoms with E-state index >= 15 is 0 Å². The first kappa shape index (κ1) is 13.6. The number of aliphatic hydroxyl groups is 1. The number of hydrogen-bond acceptors (Lipinski definition) is 2. The maximum absolute atomic E-state index is 9.26. The smallest absolute Gasteiger partial charge is 0.100 e. The Morgan fingerprint density at radius 3 is 2.33 bits per heavy atom. The zero-order valence-electron chi connectivity index (χ0n) is 12.0. The van der Waals surface area contributed by atoms with Crippen molar-refractivity contribution in [1.29, 1.82) is 0 Å². The molecular weight excluding hydrogens is 260 g/mol. The fourth-order valence-corrected chi connectivity index (χ4v) is 2.51. The Balaban J connectivity index is 2.15. The van der Waals surface area contributed by atoms with Gasteiger partial charge in [0, 0.05) is 29.8 Å². The molecule has 0 aliphatic rings. The van der Waals surface area contributed by atoms with Crippen LogP contribution in [0.1, 0.15) is 11.3 Å². The summed E-state index contributed by atoms with van der Waals surface area (Å²) in [6, 6.07) is 18.5. The molecule has 0 saturated heterocycles. The van der Waals surface area contributed by atoms with E-state index in [0.717, 1.165) is 28.1 Å². The van der Waals surface area contributed by atoms with Gasteiger partial charge in [-0.3, -0.25) is 5.10 Å². The predicted molar refractivity (Wildman–Crippen MR) is 85.0 cm³/mol. The number of H-pyrrole nitrogens is 1. The van der Waals surface area contributed by atoms with Crippen LogP contribution in [0.3, 0.4) is 0 Å². The molecule has 2 aromatic carbocycles. The summed E-state index contributed by atoms with van der Waals surface area (Å²) in [4.78, 5) is 0. The largest absolute Gasteiger partial charge is 0.396 e. The van der Waals surface area contributed by atoms with Crippen LogP contribution in [0.25, 0.3) is 22.4 Å². The van der Waals surface area contributed by atoms with Gasteiger partial charge in [-0.2, -0.15) is 5.10 Å². The van der Waals surface area contributed by atoms with Gasteiger partial charge in [0.15, 0.2) is 0 Å². The monoisotopic (exact) mass is 278 g/mol. The molecule has 21 heavy (non-hydrogen) atoms. The van der Waals surface area contributed by atoms with Crippen LogP contribution < -0.4 is 0 Å². The summed E-state index contributed by atoms with van der Waals surface area (Å²) in [5.41, 5.74) is 6.41. The number of aliphatic hydroxyl groups excluding tert-OH is 1. The second kappa shape index (κ2) is 5.94. The van der Waals surface area contributed by atoms with Gasteiger partial charge in [-0.05, 0) is 12.5 Å². The van der Waals surface area contributed by atoms with Crippen molar-refractivity contribution in [2.45, 2.75) is 13.3 Å². The molecule has 3 heteroatoms. The molecule has 0 aliphatic heterocycles. The predicted octanol–water partition coefficient (Wildman–Crippen LogP) is 3.59. The highest BCUT2D eigenvalue weighted by Gasteiger charge is 2.16. The number of hydrogen-bond donors (Lipinski definition) is 2. The first-order valence-corrected chi connectivity index (χ1v) is 7.10. The van der Waals surface area contributed by atoms with Crippen molar-refractivity contribution >= 4 is 0 Å². The lowest BCUT2D eigenvalue weighted by Gasteiger charge is -2.06. The second-order valence-electron chi connectivity index (χ2n) is 5.13. The first-order valence-electron chi connectivity index (χ1n) is 7.10. The first-order chi connectivity index (χ1) is 10.3. The molecule has 3 aromatic rings. The molecule has 0 spiro atoms.